The van der Waals surface area contributed by atoms with E-state index in [1.54, 1.807) is 0 Å². The highest BCUT2D eigenvalue weighted by molar-refractivity contribution is 9.09. The second kappa shape index (κ2) is 8.07. The number of likely N-dealkylation sites (tertiary alicyclic amines) is 1. The number of rotatable bonds is 6. The summed E-state index contributed by atoms with van der Waals surface area (Å²) in [7, 11) is 0. The molecule has 0 aromatic heterocycles. The second-order valence-corrected chi connectivity index (χ2v) is 5.06. The topological polar surface area (TPSA) is 29.5 Å². The number of halogens is 1. The molecule has 1 aliphatic rings. The van der Waals surface area contributed by atoms with Crippen molar-refractivity contribution in [2.45, 2.75) is 45.1 Å². The number of hydrogen-bond acceptors (Lipinski definition) is 2. The molecule has 1 rings (SSSR count). The van der Waals surface area contributed by atoms with Gasteiger partial charge in [-0.15, -0.1) is 0 Å². The van der Waals surface area contributed by atoms with Gasteiger partial charge in [0.05, 0.1) is 0 Å². The molecule has 0 bridgehead atoms. The highest BCUT2D eigenvalue weighted by Crippen LogP contribution is 2.20. The van der Waals surface area contributed by atoms with Gasteiger partial charge in [0.2, 0.25) is 5.91 Å². The molecule has 1 amide bonds. The first-order valence-corrected chi connectivity index (χ1v) is 7.35. The summed E-state index contributed by atoms with van der Waals surface area (Å²) in [4.78, 5) is 14.0. The smallest absolute Gasteiger partial charge is 0.248 e. The van der Waals surface area contributed by atoms with E-state index in [-0.39, 0.29) is 12.5 Å². The van der Waals surface area contributed by atoms with Gasteiger partial charge in [-0.05, 0) is 32.1 Å². The summed E-state index contributed by atoms with van der Waals surface area (Å²) in [5, 5.41) is 0.970. The van der Waals surface area contributed by atoms with Crippen LogP contribution in [-0.4, -0.2) is 41.9 Å². The lowest BCUT2D eigenvalue weighted by molar-refractivity contribution is -0.139. The number of nitrogens with zero attached hydrogens (tertiary/aromatic N) is 1. The predicted molar refractivity (Wildman–Crippen MR) is 68.9 cm³/mol. The van der Waals surface area contributed by atoms with E-state index in [0.717, 1.165) is 37.6 Å². The third kappa shape index (κ3) is 4.42. The van der Waals surface area contributed by atoms with E-state index in [1.165, 1.54) is 6.42 Å². The lowest BCUT2D eigenvalue weighted by Gasteiger charge is -2.35. The van der Waals surface area contributed by atoms with Crippen LogP contribution in [-0.2, 0) is 9.53 Å². The average Bonchev–Trinajstić information content (AvgIpc) is 2.30. The van der Waals surface area contributed by atoms with Crippen LogP contribution in [0.15, 0.2) is 0 Å². The molecule has 0 aliphatic carbocycles. The first kappa shape index (κ1) is 14.0. The SMILES string of the molecule is CCCOCC(=O)N1CCCCC1CCBr. The van der Waals surface area contributed by atoms with E-state index in [1.807, 2.05) is 4.90 Å². The Morgan fingerprint density at radius 3 is 3.00 bits per heavy atom. The summed E-state index contributed by atoms with van der Waals surface area (Å²) >= 11 is 3.46. The molecule has 0 aromatic rings. The van der Waals surface area contributed by atoms with E-state index in [2.05, 4.69) is 22.9 Å². The Morgan fingerprint density at radius 2 is 2.31 bits per heavy atom. The molecule has 0 saturated carbocycles. The van der Waals surface area contributed by atoms with Crippen molar-refractivity contribution in [2.24, 2.45) is 0 Å². The monoisotopic (exact) mass is 291 g/mol. The standard InChI is InChI=1S/C12H22BrNO2/c1-2-9-16-10-12(15)14-8-4-3-5-11(14)6-7-13/h11H,2-10H2,1H3. The lowest BCUT2D eigenvalue weighted by atomic mass is 10.00. The van der Waals surface area contributed by atoms with Crippen LogP contribution in [0.3, 0.4) is 0 Å². The Hall–Kier alpha value is -0.0900. The van der Waals surface area contributed by atoms with Crippen molar-refractivity contribution in [3.63, 3.8) is 0 Å². The zero-order valence-corrected chi connectivity index (χ0v) is 11.7. The molecule has 1 saturated heterocycles. The summed E-state index contributed by atoms with van der Waals surface area (Å²) in [6.07, 6.45) is 5.55. The number of hydrogen-bond donors (Lipinski definition) is 0. The van der Waals surface area contributed by atoms with Crippen molar-refractivity contribution in [3.05, 3.63) is 0 Å². The largest absolute Gasteiger partial charge is 0.372 e. The summed E-state index contributed by atoms with van der Waals surface area (Å²) < 4.78 is 5.32. The van der Waals surface area contributed by atoms with Crippen LogP contribution >= 0.6 is 15.9 Å². The second-order valence-electron chi connectivity index (χ2n) is 4.27. The van der Waals surface area contributed by atoms with Gasteiger partial charge in [-0.3, -0.25) is 4.79 Å². The first-order chi connectivity index (χ1) is 7.79. The number of piperidine rings is 1. The molecular formula is C12H22BrNO2. The van der Waals surface area contributed by atoms with Crippen LogP contribution in [0.2, 0.25) is 0 Å². The molecule has 0 N–H and O–H groups in total. The molecule has 1 aliphatic heterocycles. The highest BCUT2D eigenvalue weighted by atomic mass is 79.9. The van der Waals surface area contributed by atoms with Gasteiger partial charge in [0.15, 0.2) is 0 Å². The van der Waals surface area contributed by atoms with Crippen molar-refractivity contribution in [1.82, 2.24) is 4.90 Å². The molecule has 94 valence electrons. The number of carbonyl (C=O) groups is 1. The third-order valence-electron chi connectivity index (χ3n) is 2.96. The summed E-state index contributed by atoms with van der Waals surface area (Å²) in [5.74, 6) is 0.166. The van der Waals surface area contributed by atoms with Gasteiger partial charge in [0.1, 0.15) is 6.61 Å². The molecule has 3 nitrogen and oxygen atoms in total. The fourth-order valence-electron chi connectivity index (χ4n) is 2.14. The Labute approximate surface area is 107 Å². The van der Waals surface area contributed by atoms with Crippen LogP contribution in [0.1, 0.15) is 39.0 Å². The molecule has 1 fully saturated rings. The van der Waals surface area contributed by atoms with Gasteiger partial charge >= 0.3 is 0 Å². The van der Waals surface area contributed by atoms with E-state index in [4.69, 9.17) is 4.74 Å². The predicted octanol–water partition coefficient (Wildman–Crippen LogP) is 2.58. The van der Waals surface area contributed by atoms with Crippen molar-refractivity contribution in [3.8, 4) is 0 Å². The van der Waals surface area contributed by atoms with E-state index >= 15 is 0 Å². The summed E-state index contributed by atoms with van der Waals surface area (Å²) in [6, 6.07) is 0.422. The Morgan fingerprint density at radius 1 is 1.50 bits per heavy atom. The number of carbonyl (C=O) groups excluding carboxylic acids is 1. The summed E-state index contributed by atoms with van der Waals surface area (Å²) in [5.41, 5.74) is 0. The van der Waals surface area contributed by atoms with Gasteiger partial charge in [0.25, 0.3) is 0 Å². The van der Waals surface area contributed by atoms with Crippen molar-refractivity contribution in [2.75, 3.05) is 25.1 Å². The molecule has 1 unspecified atom stereocenters. The molecule has 0 aromatic carbocycles. The first-order valence-electron chi connectivity index (χ1n) is 6.22. The van der Waals surface area contributed by atoms with Crippen LogP contribution in [0.25, 0.3) is 0 Å². The van der Waals surface area contributed by atoms with Crippen molar-refractivity contribution in [1.29, 1.82) is 0 Å². The zero-order chi connectivity index (χ0) is 11.8. The minimum Gasteiger partial charge on any atom is -0.372 e. The molecule has 16 heavy (non-hydrogen) atoms. The van der Waals surface area contributed by atoms with Crippen LogP contribution in [0, 0.1) is 0 Å². The van der Waals surface area contributed by atoms with Crippen molar-refractivity contribution < 1.29 is 9.53 Å². The Balaban J connectivity index is 2.37. The van der Waals surface area contributed by atoms with Crippen LogP contribution < -0.4 is 0 Å². The van der Waals surface area contributed by atoms with E-state index in [9.17, 15) is 4.79 Å². The number of alkyl halides is 1. The van der Waals surface area contributed by atoms with Gasteiger partial charge < -0.3 is 9.64 Å². The summed E-state index contributed by atoms with van der Waals surface area (Å²) in [6.45, 7) is 3.90. The van der Waals surface area contributed by atoms with E-state index < -0.39 is 0 Å². The van der Waals surface area contributed by atoms with Gasteiger partial charge in [-0.1, -0.05) is 22.9 Å². The van der Waals surface area contributed by atoms with Gasteiger partial charge in [0, 0.05) is 24.5 Å². The Kier molecular flexibility index (Phi) is 7.05. The highest BCUT2D eigenvalue weighted by Gasteiger charge is 2.25. The normalized spacial score (nSPS) is 21.1. The molecular weight excluding hydrogens is 270 g/mol. The molecule has 0 radical (unpaired) electrons. The zero-order valence-electron chi connectivity index (χ0n) is 10.1. The minimum atomic E-state index is 0.166. The van der Waals surface area contributed by atoms with Gasteiger partial charge in [-0.2, -0.15) is 0 Å². The van der Waals surface area contributed by atoms with E-state index in [0.29, 0.717) is 12.6 Å². The fourth-order valence-corrected chi connectivity index (χ4v) is 2.67. The maximum atomic E-state index is 11.9. The molecule has 0 spiro atoms. The maximum absolute atomic E-state index is 11.9. The maximum Gasteiger partial charge on any atom is 0.248 e. The molecule has 1 atom stereocenters. The minimum absolute atomic E-state index is 0.166. The Bertz CT molecular complexity index is 209. The molecule has 1 heterocycles. The van der Waals surface area contributed by atoms with Gasteiger partial charge in [-0.25, -0.2) is 0 Å². The third-order valence-corrected chi connectivity index (χ3v) is 3.42. The number of amides is 1. The van der Waals surface area contributed by atoms with Crippen molar-refractivity contribution >= 4 is 21.8 Å². The lowest BCUT2D eigenvalue weighted by Crippen LogP contribution is -2.45. The molecule has 4 heteroatoms. The fraction of sp³-hybridized carbons (Fsp3) is 0.917. The average molecular weight is 292 g/mol. The van der Waals surface area contributed by atoms with Crippen LogP contribution in [0.4, 0.5) is 0 Å². The quantitative estimate of drug-likeness (QED) is 0.556. The number of ether oxygens (including phenoxy) is 1. The van der Waals surface area contributed by atoms with Crippen LogP contribution in [0.5, 0.6) is 0 Å².